The summed E-state index contributed by atoms with van der Waals surface area (Å²) in [5.41, 5.74) is 6.55. The number of esters is 1. The van der Waals surface area contributed by atoms with E-state index in [1.165, 1.54) is 7.11 Å². The first kappa shape index (κ1) is 39.2. The van der Waals surface area contributed by atoms with Gasteiger partial charge in [0.05, 0.1) is 31.5 Å². The van der Waals surface area contributed by atoms with Gasteiger partial charge in [0.15, 0.2) is 6.29 Å². The second-order valence-electron chi connectivity index (χ2n) is 13.3. The van der Waals surface area contributed by atoms with Crippen LogP contribution in [-0.4, -0.2) is 53.2 Å². The monoisotopic (exact) mass is 760 g/mol. The Labute approximate surface area is 324 Å². The number of methoxy groups -OCH3 is 1. The second kappa shape index (κ2) is 18.7. The van der Waals surface area contributed by atoms with Crippen molar-refractivity contribution in [3.63, 3.8) is 0 Å². The van der Waals surface area contributed by atoms with E-state index in [2.05, 4.69) is 17.6 Å². The summed E-state index contributed by atoms with van der Waals surface area (Å²) in [4.78, 5) is 37.7. The summed E-state index contributed by atoms with van der Waals surface area (Å²) < 4.78 is 18.2. The molecule has 5 aromatic carbocycles. The van der Waals surface area contributed by atoms with Gasteiger partial charge in [-0.25, -0.2) is 14.4 Å². The molecule has 0 radical (unpaired) electrons. The van der Waals surface area contributed by atoms with Crippen LogP contribution in [0.5, 0.6) is 0 Å². The van der Waals surface area contributed by atoms with Crippen molar-refractivity contribution in [2.45, 2.75) is 55.9 Å². The van der Waals surface area contributed by atoms with Gasteiger partial charge in [-0.2, -0.15) is 0 Å². The molecule has 0 saturated carbocycles. The number of amides is 2. The molecule has 4 N–H and O–H groups in total. The maximum absolute atomic E-state index is 13.0. The van der Waals surface area contributed by atoms with E-state index in [0.717, 1.165) is 43.8 Å². The van der Waals surface area contributed by atoms with Crippen molar-refractivity contribution >= 4 is 29.7 Å². The minimum absolute atomic E-state index is 0.0147. The van der Waals surface area contributed by atoms with Gasteiger partial charge in [0, 0.05) is 35.1 Å². The van der Waals surface area contributed by atoms with Gasteiger partial charge in [-0.3, -0.25) is 0 Å². The molecule has 11 heteroatoms. The largest absolute Gasteiger partial charge is 0.478 e. The Hall–Kier alpha value is -5.46. The lowest BCUT2D eigenvalue weighted by Gasteiger charge is -2.41. The fraction of sp³-hybridized carbons (Fsp3) is 0.250. The number of thioether (sulfide) groups is 1. The number of aromatic carboxylic acids is 1. The summed E-state index contributed by atoms with van der Waals surface area (Å²) in [7, 11) is 1.30. The summed E-state index contributed by atoms with van der Waals surface area (Å²) in [6.07, 6.45) is -0.840. The van der Waals surface area contributed by atoms with Crippen LogP contribution in [0.3, 0.4) is 0 Å². The highest BCUT2D eigenvalue weighted by molar-refractivity contribution is 7.99. The summed E-state index contributed by atoms with van der Waals surface area (Å²) >= 11 is 1.60. The van der Waals surface area contributed by atoms with Gasteiger partial charge in [0.1, 0.15) is 6.04 Å². The second-order valence-corrected chi connectivity index (χ2v) is 14.4. The first-order chi connectivity index (χ1) is 26.7. The van der Waals surface area contributed by atoms with Crippen LogP contribution in [0.25, 0.3) is 11.1 Å². The first-order valence-corrected chi connectivity index (χ1v) is 19.0. The topological polar surface area (TPSA) is 143 Å². The van der Waals surface area contributed by atoms with Crippen molar-refractivity contribution in [2.75, 3.05) is 12.9 Å². The van der Waals surface area contributed by atoms with Gasteiger partial charge in [-0.05, 0) is 57.6 Å². The minimum atomic E-state index is -0.963. The van der Waals surface area contributed by atoms with Crippen molar-refractivity contribution in [1.82, 2.24) is 10.6 Å². The zero-order chi connectivity index (χ0) is 38.7. The molecule has 6 rings (SSSR count). The third-order valence-electron chi connectivity index (χ3n) is 9.66. The summed E-state index contributed by atoms with van der Waals surface area (Å²) in [6, 6.07) is 38.5. The number of aliphatic hydroxyl groups is 1. The highest BCUT2D eigenvalue weighted by Crippen LogP contribution is 2.43. The number of aliphatic hydroxyl groups excluding tert-OH is 1. The van der Waals surface area contributed by atoms with Gasteiger partial charge in [-0.1, -0.05) is 110 Å². The molecule has 0 bridgehead atoms. The van der Waals surface area contributed by atoms with Gasteiger partial charge in [0.2, 0.25) is 0 Å². The average molecular weight is 761 g/mol. The molecule has 284 valence electrons. The Morgan fingerprint density at radius 1 is 0.800 bits per heavy atom. The molecule has 1 saturated heterocycles. The highest BCUT2D eigenvalue weighted by atomic mass is 32.2. The number of carboxylic acid groups (broad SMARTS) is 1. The van der Waals surface area contributed by atoms with Gasteiger partial charge < -0.3 is 35.1 Å². The predicted molar refractivity (Wildman–Crippen MR) is 210 cm³/mol. The number of hydrogen-bond acceptors (Lipinski definition) is 8. The minimum Gasteiger partial charge on any atom is -0.478 e. The molecule has 55 heavy (non-hydrogen) atoms. The molecule has 5 unspecified atom stereocenters. The van der Waals surface area contributed by atoms with Crippen LogP contribution in [0.2, 0.25) is 0 Å². The molecule has 1 aliphatic heterocycles. The fourth-order valence-corrected chi connectivity index (χ4v) is 7.60. The van der Waals surface area contributed by atoms with E-state index in [4.69, 9.17) is 14.2 Å². The van der Waals surface area contributed by atoms with Crippen LogP contribution >= 0.6 is 11.8 Å². The number of benzene rings is 5. The number of nitrogens with one attached hydrogen (secondary N) is 2. The predicted octanol–water partition coefficient (Wildman–Crippen LogP) is 7.71. The highest BCUT2D eigenvalue weighted by Gasteiger charge is 2.38. The van der Waals surface area contributed by atoms with Crippen molar-refractivity contribution in [3.8, 4) is 11.1 Å². The third kappa shape index (κ3) is 10.2. The molecule has 0 spiro atoms. The van der Waals surface area contributed by atoms with Gasteiger partial charge >= 0.3 is 18.0 Å². The lowest BCUT2D eigenvalue weighted by Crippen LogP contribution is -2.47. The van der Waals surface area contributed by atoms with Crippen LogP contribution < -0.4 is 10.6 Å². The quantitative estimate of drug-likeness (QED) is 0.0661. The fourth-order valence-electron chi connectivity index (χ4n) is 6.53. The third-order valence-corrected chi connectivity index (χ3v) is 10.8. The van der Waals surface area contributed by atoms with E-state index in [-0.39, 0.29) is 36.8 Å². The molecule has 5 atom stereocenters. The number of carbonyl (C=O) groups excluding carboxylic acids is 2. The molecule has 1 heterocycles. The molecule has 5 aromatic rings. The van der Waals surface area contributed by atoms with Crippen molar-refractivity contribution < 1.29 is 38.8 Å². The Morgan fingerprint density at radius 3 is 2.15 bits per heavy atom. The molecule has 0 aliphatic carbocycles. The maximum atomic E-state index is 13.0. The molecule has 10 nitrogen and oxygen atoms in total. The standard InChI is InChI=1S/C44H44N2O8S/c1-28-39(27-55-36-22-20-33(21-23-36)41(48)49)53-43(54-40(28)32-14-12-30(26-47)13-15-32)34-18-16-31(17-19-34)37-11-7-6-10-35(37)25-45-44(51)46-38(42(50)52-2)24-29-8-4-3-5-9-29/h3-23,28,38-40,43,47H,24-27H2,1-2H3,(H,48,49)(H2,45,46,51). The number of urea groups is 1. The summed E-state index contributed by atoms with van der Waals surface area (Å²) in [6.45, 7) is 2.29. The van der Waals surface area contributed by atoms with Crippen LogP contribution in [0, 0.1) is 5.92 Å². The van der Waals surface area contributed by atoms with Crippen LogP contribution in [0.4, 0.5) is 4.79 Å². The zero-order valence-electron chi connectivity index (χ0n) is 30.6. The number of ether oxygens (including phenoxy) is 3. The van der Waals surface area contributed by atoms with E-state index < -0.39 is 30.3 Å². The number of rotatable bonds is 14. The zero-order valence-corrected chi connectivity index (χ0v) is 31.4. The molecular formula is C44H44N2O8S. The molecule has 2 amide bonds. The van der Waals surface area contributed by atoms with E-state index >= 15 is 0 Å². The van der Waals surface area contributed by atoms with Crippen LogP contribution in [0.1, 0.15) is 57.5 Å². The summed E-state index contributed by atoms with van der Waals surface area (Å²) in [5, 5.41) is 24.5. The SMILES string of the molecule is COC(=O)C(Cc1ccccc1)NC(=O)NCc1ccccc1-c1ccc(C2OC(CSc3ccc(C(=O)O)cc3)C(C)C(c3ccc(CO)cc3)O2)cc1. The molecule has 1 fully saturated rings. The Kier molecular flexibility index (Phi) is 13.4. The normalized spacial score (nSPS) is 18.5. The Morgan fingerprint density at radius 2 is 1.47 bits per heavy atom. The van der Waals surface area contributed by atoms with Crippen molar-refractivity contribution in [2.24, 2.45) is 5.92 Å². The van der Waals surface area contributed by atoms with Gasteiger partial charge in [0.25, 0.3) is 0 Å². The smallest absolute Gasteiger partial charge is 0.335 e. The van der Waals surface area contributed by atoms with Gasteiger partial charge in [-0.15, -0.1) is 11.8 Å². The van der Waals surface area contributed by atoms with Crippen molar-refractivity contribution in [1.29, 1.82) is 0 Å². The summed E-state index contributed by atoms with van der Waals surface area (Å²) in [5.74, 6) is -0.880. The number of carbonyl (C=O) groups is 3. The average Bonchev–Trinajstić information content (AvgIpc) is 3.22. The number of carboxylic acids is 1. The Balaban J connectivity index is 1.16. The first-order valence-electron chi connectivity index (χ1n) is 18.0. The molecule has 0 aromatic heterocycles. The van der Waals surface area contributed by atoms with Crippen LogP contribution in [-0.2, 0) is 38.6 Å². The van der Waals surface area contributed by atoms with Crippen LogP contribution in [0.15, 0.2) is 132 Å². The Bertz CT molecular complexity index is 2040. The lowest BCUT2D eigenvalue weighted by molar-refractivity contribution is -0.268. The van der Waals surface area contributed by atoms with E-state index in [0.29, 0.717) is 12.2 Å². The number of hydrogen-bond donors (Lipinski definition) is 4. The molecule has 1 aliphatic rings. The lowest BCUT2D eigenvalue weighted by atomic mass is 9.91. The van der Waals surface area contributed by atoms with E-state index in [1.807, 2.05) is 115 Å². The molecular weight excluding hydrogens is 717 g/mol. The van der Waals surface area contributed by atoms with Crippen molar-refractivity contribution in [3.05, 3.63) is 161 Å². The van der Waals surface area contributed by atoms with E-state index in [1.54, 1.807) is 23.9 Å². The maximum Gasteiger partial charge on any atom is 0.335 e. The van der Waals surface area contributed by atoms with E-state index in [9.17, 15) is 24.6 Å².